The molecule has 7 nitrogen and oxygen atoms in total. The second-order valence-corrected chi connectivity index (χ2v) is 11.0. The van der Waals surface area contributed by atoms with Gasteiger partial charge in [0, 0.05) is 56.0 Å². The first-order valence-corrected chi connectivity index (χ1v) is 14.9. The number of rotatable bonds is 16. The molecule has 7 heteroatoms. The van der Waals surface area contributed by atoms with Crippen LogP contribution in [0.1, 0.15) is 75.3 Å². The van der Waals surface area contributed by atoms with E-state index in [1.807, 2.05) is 37.4 Å². The van der Waals surface area contributed by atoms with Gasteiger partial charge in [0.25, 0.3) is 0 Å². The van der Waals surface area contributed by atoms with E-state index in [2.05, 4.69) is 50.8 Å². The summed E-state index contributed by atoms with van der Waals surface area (Å²) in [5.41, 5.74) is 3.54. The Kier molecular flexibility index (Phi) is 11.3. The molecule has 0 aliphatic carbocycles. The minimum absolute atomic E-state index is 0.114. The zero-order chi connectivity index (χ0) is 28.2. The van der Waals surface area contributed by atoms with Gasteiger partial charge in [-0.05, 0) is 55.3 Å². The molecule has 1 saturated heterocycles. The quantitative estimate of drug-likeness (QED) is 0.218. The average Bonchev–Trinajstić information content (AvgIpc) is 3.63. The maximum atomic E-state index is 13.2. The normalized spacial score (nSPS) is 16.2. The van der Waals surface area contributed by atoms with E-state index in [0.717, 1.165) is 61.8 Å². The molecule has 1 aliphatic rings. The van der Waals surface area contributed by atoms with E-state index in [9.17, 15) is 14.4 Å². The van der Waals surface area contributed by atoms with E-state index in [1.54, 1.807) is 0 Å². The van der Waals surface area contributed by atoms with Crippen LogP contribution in [0.25, 0.3) is 10.9 Å². The first kappa shape index (κ1) is 29.5. The summed E-state index contributed by atoms with van der Waals surface area (Å²) < 4.78 is 0. The third-order valence-corrected chi connectivity index (χ3v) is 8.06. The van der Waals surface area contributed by atoms with Crippen molar-refractivity contribution in [1.29, 1.82) is 0 Å². The zero-order valence-corrected chi connectivity index (χ0v) is 23.8. The van der Waals surface area contributed by atoms with Gasteiger partial charge < -0.3 is 20.5 Å². The number of para-hydroxylation sites is 1. The summed E-state index contributed by atoms with van der Waals surface area (Å²) in [6, 6.07) is 18.1. The summed E-state index contributed by atoms with van der Waals surface area (Å²) in [7, 11) is 0. The summed E-state index contributed by atoms with van der Waals surface area (Å²) in [6.45, 7) is 5.28. The number of carbonyl (C=O) groups excluding carboxylic acids is 3. The minimum atomic E-state index is -0.562. The summed E-state index contributed by atoms with van der Waals surface area (Å²) >= 11 is 0. The molecule has 2 amide bonds. The van der Waals surface area contributed by atoms with Gasteiger partial charge >= 0.3 is 0 Å². The second kappa shape index (κ2) is 15.4. The van der Waals surface area contributed by atoms with Crippen molar-refractivity contribution in [2.75, 3.05) is 26.2 Å². The average molecular weight is 545 g/mol. The van der Waals surface area contributed by atoms with Crippen molar-refractivity contribution in [3.63, 3.8) is 0 Å². The van der Waals surface area contributed by atoms with Crippen molar-refractivity contribution in [2.45, 2.75) is 76.7 Å². The van der Waals surface area contributed by atoms with Crippen LogP contribution in [0.2, 0.25) is 0 Å². The van der Waals surface area contributed by atoms with E-state index in [4.69, 9.17) is 0 Å². The van der Waals surface area contributed by atoms with Crippen molar-refractivity contribution in [3.05, 3.63) is 71.9 Å². The van der Waals surface area contributed by atoms with Crippen LogP contribution in [0.5, 0.6) is 0 Å². The maximum absolute atomic E-state index is 13.2. The molecule has 40 heavy (non-hydrogen) atoms. The highest BCUT2D eigenvalue weighted by molar-refractivity contribution is 5.88. The van der Waals surface area contributed by atoms with Crippen LogP contribution in [-0.4, -0.2) is 59.7 Å². The van der Waals surface area contributed by atoms with E-state index < -0.39 is 6.04 Å². The number of nitrogens with one attached hydrogen (secondary N) is 3. The molecule has 3 aromatic rings. The fourth-order valence-electron chi connectivity index (χ4n) is 5.64. The van der Waals surface area contributed by atoms with Crippen molar-refractivity contribution < 1.29 is 14.4 Å². The highest BCUT2D eigenvalue weighted by Crippen LogP contribution is 2.26. The zero-order valence-electron chi connectivity index (χ0n) is 23.8. The van der Waals surface area contributed by atoms with Crippen LogP contribution in [0, 0.1) is 0 Å². The molecule has 2 aromatic carbocycles. The number of hydrogen-bond acceptors (Lipinski definition) is 4. The van der Waals surface area contributed by atoms with E-state index >= 15 is 0 Å². The number of carbonyl (C=O) groups is 3. The number of H-pyrrole nitrogens is 1. The van der Waals surface area contributed by atoms with Crippen LogP contribution in [0.3, 0.4) is 0 Å². The lowest BCUT2D eigenvalue weighted by molar-refractivity contribution is -0.129. The third-order valence-electron chi connectivity index (χ3n) is 8.06. The predicted molar refractivity (Wildman–Crippen MR) is 160 cm³/mol. The second-order valence-electron chi connectivity index (χ2n) is 11.0. The lowest BCUT2D eigenvalue weighted by atomic mass is 9.99. The molecule has 2 heterocycles. The molecule has 2 atom stereocenters. The SMILES string of the molecule is CCC(=O)CCCCC[C@H](NC(=O)CCc1c[nH]c2ccccc12)C(=O)NCCN1CCC(c2ccccc2)C1. The van der Waals surface area contributed by atoms with Gasteiger partial charge in [0.2, 0.25) is 11.8 Å². The Hall–Kier alpha value is -3.45. The first-order chi connectivity index (χ1) is 19.5. The summed E-state index contributed by atoms with van der Waals surface area (Å²) in [5, 5.41) is 7.21. The Morgan fingerprint density at radius 1 is 1.00 bits per heavy atom. The minimum Gasteiger partial charge on any atom is -0.361 e. The lowest BCUT2D eigenvalue weighted by Crippen LogP contribution is -2.48. The van der Waals surface area contributed by atoms with Gasteiger partial charge in [-0.3, -0.25) is 14.4 Å². The number of aromatic nitrogens is 1. The van der Waals surface area contributed by atoms with Crippen LogP contribution in [0.4, 0.5) is 0 Å². The smallest absolute Gasteiger partial charge is 0.242 e. The largest absolute Gasteiger partial charge is 0.361 e. The molecule has 4 rings (SSSR count). The van der Waals surface area contributed by atoms with Gasteiger partial charge in [0.15, 0.2) is 0 Å². The van der Waals surface area contributed by atoms with Crippen LogP contribution >= 0.6 is 0 Å². The number of fused-ring (bicyclic) bond motifs is 1. The molecule has 0 radical (unpaired) electrons. The Morgan fingerprint density at radius 2 is 1.80 bits per heavy atom. The summed E-state index contributed by atoms with van der Waals surface area (Å²) in [5.74, 6) is 0.581. The molecule has 1 aromatic heterocycles. The van der Waals surface area contributed by atoms with Gasteiger partial charge in [-0.2, -0.15) is 0 Å². The molecular weight excluding hydrogens is 500 g/mol. The number of amides is 2. The molecule has 214 valence electrons. The van der Waals surface area contributed by atoms with Crippen molar-refractivity contribution in [2.24, 2.45) is 0 Å². The first-order valence-electron chi connectivity index (χ1n) is 14.9. The molecule has 1 unspecified atom stereocenters. The van der Waals surface area contributed by atoms with Crippen molar-refractivity contribution in [1.82, 2.24) is 20.5 Å². The van der Waals surface area contributed by atoms with E-state index in [0.29, 0.717) is 44.6 Å². The van der Waals surface area contributed by atoms with Crippen LogP contribution in [-0.2, 0) is 20.8 Å². The monoisotopic (exact) mass is 544 g/mol. The number of aryl methyl sites for hydroxylation is 1. The number of benzene rings is 2. The van der Waals surface area contributed by atoms with Gasteiger partial charge in [0.1, 0.15) is 11.8 Å². The Bertz CT molecular complexity index is 1240. The Labute approximate surface area is 238 Å². The number of likely N-dealkylation sites (tertiary alicyclic amines) is 1. The Morgan fingerprint density at radius 3 is 2.62 bits per heavy atom. The maximum Gasteiger partial charge on any atom is 0.242 e. The van der Waals surface area contributed by atoms with E-state index in [1.165, 1.54) is 5.56 Å². The third kappa shape index (κ3) is 8.78. The molecule has 1 aliphatic heterocycles. The topological polar surface area (TPSA) is 94.3 Å². The van der Waals surface area contributed by atoms with Crippen LogP contribution in [0.15, 0.2) is 60.8 Å². The number of nitrogens with zero attached hydrogens (tertiary/aromatic N) is 1. The molecule has 0 bridgehead atoms. The molecular formula is C33H44N4O3. The van der Waals surface area contributed by atoms with E-state index in [-0.39, 0.29) is 17.6 Å². The fraction of sp³-hybridized carbons (Fsp3) is 0.485. The van der Waals surface area contributed by atoms with Gasteiger partial charge in [-0.25, -0.2) is 0 Å². The van der Waals surface area contributed by atoms with Crippen LogP contribution < -0.4 is 10.6 Å². The highest BCUT2D eigenvalue weighted by Gasteiger charge is 2.24. The number of Topliss-reactive ketones (excluding diaryl/α,β-unsaturated/α-hetero) is 1. The summed E-state index contributed by atoms with van der Waals surface area (Å²) in [6.07, 6.45) is 8.25. The fourth-order valence-corrected chi connectivity index (χ4v) is 5.64. The number of unbranched alkanes of at least 4 members (excludes halogenated alkanes) is 2. The number of hydrogen-bond donors (Lipinski definition) is 3. The van der Waals surface area contributed by atoms with Gasteiger partial charge in [-0.15, -0.1) is 0 Å². The highest BCUT2D eigenvalue weighted by atomic mass is 16.2. The molecule has 0 spiro atoms. The predicted octanol–water partition coefficient (Wildman–Crippen LogP) is 5.12. The standard InChI is InChI=1S/C33H44N4O3/c1-2-28(38)13-7-4-8-16-31(36-32(39)18-17-26-23-35-30-15-10-9-14-29(26)30)33(40)34-20-22-37-21-19-27(24-37)25-11-5-3-6-12-25/h3,5-6,9-12,14-15,23,27,31,35H,2,4,7-8,13,16-22,24H2,1H3,(H,34,40)(H,36,39)/t27?,31-/m0/s1. The Balaban J connectivity index is 1.24. The van der Waals surface area contributed by atoms with Crippen molar-refractivity contribution >= 4 is 28.5 Å². The van der Waals surface area contributed by atoms with Crippen molar-refractivity contribution in [3.8, 4) is 0 Å². The molecule has 0 saturated carbocycles. The van der Waals surface area contributed by atoms with Gasteiger partial charge in [-0.1, -0.05) is 68.3 Å². The number of aromatic amines is 1. The number of ketones is 1. The van der Waals surface area contributed by atoms with Gasteiger partial charge in [0.05, 0.1) is 0 Å². The molecule has 1 fully saturated rings. The molecule has 3 N–H and O–H groups in total. The lowest BCUT2D eigenvalue weighted by Gasteiger charge is -2.21. The summed E-state index contributed by atoms with van der Waals surface area (Å²) in [4.78, 5) is 43.3.